The SMILES string of the molecule is COCc1cccc(C(=O)NC2CCc3nn(Cc4ccc(F)cc4)c(=O)n3CC2)n1. The number of ether oxygens (including phenoxy) is 1. The molecule has 1 aliphatic heterocycles. The minimum atomic E-state index is -0.314. The molecule has 1 N–H and O–H groups in total. The van der Waals surface area contributed by atoms with Gasteiger partial charge < -0.3 is 10.1 Å². The van der Waals surface area contributed by atoms with Crippen molar-refractivity contribution in [1.82, 2.24) is 24.6 Å². The summed E-state index contributed by atoms with van der Waals surface area (Å²) in [6.07, 6.45) is 1.88. The molecule has 162 valence electrons. The number of carbonyl (C=O) groups excluding carboxylic acids is 1. The van der Waals surface area contributed by atoms with Crippen molar-refractivity contribution >= 4 is 5.91 Å². The van der Waals surface area contributed by atoms with E-state index in [9.17, 15) is 14.0 Å². The van der Waals surface area contributed by atoms with E-state index in [2.05, 4.69) is 15.4 Å². The third kappa shape index (κ3) is 4.88. The number of nitrogens with one attached hydrogen (secondary N) is 1. The van der Waals surface area contributed by atoms with E-state index in [1.54, 1.807) is 35.9 Å². The zero-order valence-electron chi connectivity index (χ0n) is 17.3. The molecular weight excluding hydrogens is 401 g/mol. The number of pyridine rings is 1. The number of aryl methyl sites for hydroxylation is 1. The molecule has 0 saturated carbocycles. The summed E-state index contributed by atoms with van der Waals surface area (Å²) in [6, 6.07) is 11.2. The number of carbonyl (C=O) groups is 1. The second kappa shape index (κ2) is 9.22. The summed E-state index contributed by atoms with van der Waals surface area (Å²) in [5, 5.41) is 7.49. The van der Waals surface area contributed by atoms with E-state index in [1.807, 2.05) is 6.07 Å². The molecule has 0 fully saturated rings. The lowest BCUT2D eigenvalue weighted by molar-refractivity contribution is 0.0926. The Balaban J connectivity index is 1.40. The first-order valence-electron chi connectivity index (χ1n) is 10.2. The van der Waals surface area contributed by atoms with Crippen LogP contribution in [-0.2, 0) is 30.9 Å². The van der Waals surface area contributed by atoms with Crippen LogP contribution in [0.3, 0.4) is 0 Å². The highest BCUT2D eigenvalue weighted by Gasteiger charge is 2.23. The first kappa shape index (κ1) is 20.9. The Morgan fingerprint density at radius 1 is 1.23 bits per heavy atom. The van der Waals surface area contributed by atoms with Crippen LogP contribution in [0.5, 0.6) is 0 Å². The van der Waals surface area contributed by atoms with Crippen molar-refractivity contribution in [1.29, 1.82) is 0 Å². The maximum atomic E-state index is 13.1. The number of hydrogen-bond acceptors (Lipinski definition) is 5. The molecule has 0 spiro atoms. The van der Waals surface area contributed by atoms with Crippen LogP contribution < -0.4 is 11.0 Å². The lowest BCUT2D eigenvalue weighted by Crippen LogP contribution is -2.36. The molecule has 3 aromatic rings. The third-order valence-corrected chi connectivity index (χ3v) is 5.33. The third-order valence-electron chi connectivity index (χ3n) is 5.33. The Morgan fingerprint density at radius 2 is 2.03 bits per heavy atom. The van der Waals surface area contributed by atoms with Gasteiger partial charge >= 0.3 is 5.69 Å². The van der Waals surface area contributed by atoms with E-state index < -0.39 is 0 Å². The van der Waals surface area contributed by atoms with Gasteiger partial charge in [-0.25, -0.2) is 18.9 Å². The highest BCUT2D eigenvalue weighted by molar-refractivity contribution is 5.92. The predicted molar refractivity (Wildman–Crippen MR) is 111 cm³/mol. The fraction of sp³-hybridized carbons (Fsp3) is 0.364. The van der Waals surface area contributed by atoms with Crippen molar-refractivity contribution in [3.63, 3.8) is 0 Å². The number of rotatable bonds is 6. The highest BCUT2D eigenvalue weighted by atomic mass is 19.1. The van der Waals surface area contributed by atoms with Gasteiger partial charge in [0.2, 0.25) is 0 Å². The lowest BCUT2D eigenvalue weighted by atomic mass is 10.1. The predicted octanol–water partition coefficient (Wildman–Crippen LogP) is 1.91. The van der Waals surface area contributed by atoms with Gasteiger partial charge in [-0.3, -0.25) is 9.36 Å². The van der Waals surface area contributed by atoms with E-state index in [4.69, 9.17) is 4.74 Å². The summed E-state index contributed by atoms with van der Waals surface area (Å²) < 4.78 is 21.2. The molecule has 9 heteroatoms. The van der Waals surface area contributed by atoms with Crippen molar-refractivity contribution in [3.8, 4) is 0 Å². The quantitative estimate of drug-likeness (QED) is 0.652. The number of nitrogens with zero attached hydrogens (tertiary/aromatic N) is 4. The molecular formula is C22H24FN5O3. The first-order valence-corrected chi connectivity index (χ1v) is 10.2. The fourth-order valence-electron chi connectivity index (χ4n) is 3.73. The van der Waals surface area contributed by atoms with Crippen LogP contribution in [-0.4, -0.2) is 38.4 Å². The van der Waals surface area contributed by atoms with Crippen LogP contribution in [0.1, 0.15) is 40.4 Å². The molecule has 8 nitrogen and oxygen atoms in total. The van der Waals surface area contributed by atoms with Crippen molar-refractivity contribution in [2.45, 2.75) is 45.0 Å². The number of hydrogen-bond donors (Lipinski definition) is 1. The second-order valence-corrected chi connectivity index (χ2v) is 7.58. The van der Waals surface area contributed by atoms with Crippen LogP contribution >= 0.6 is 0 Å². The number of benzene rings is 1. The zero-order chi connectivity index (χ0) is 21.8. The van der Waals surface area contributed by atoms with Crippen molar-refractivity contribution in [3.05, 3.63) is 81.5 Å². The van der Waals surface area contributed by atoms with Crippen LogP contribution in [0.4, 0.5) is 4.39 Å². The van der Waals surface area contributed by atoms with Gasteiger partial charge in [0.15, 0.2) is 0 Å². The summed E-state index contributed by atoms with van der Waals surface area (Å²) in [6.45, 7) is 1.11. The molecule has 4 rings (SSSR count). The number of halogens is 1. The molecule has 0 radical (unpaired) electrons. The van der Waals surface area contributed by atoms with Crippen molar-refractivity contribution in [2.75, 3.05) is 7.11 Å². The van der Waals surface area contributed by atoms with E-state index in [1.165, 1.54) is 16.8 Å². The fourth-order valence-corrected chi connectivity index (χ4v) is 3.73. The molecule has 2 aromatic heterocycles. The van der Waals surface area contributed by atoms with Gasteiger partial charge in [-0.15, -0.1) is 0 Å². The second-order valence-electron chi connectivity index (χ2n) is 7.58. The molecule has 31 heavy (non-hydrogen) atoms. The normalized spacial score (nSPS) is 15.9. The molecule has 1 amide bonds. The minimum Gasteiger partial charge on any atom is -0.378 e. The topological polar surface area (TPSA) is 91.0 Å². The smallest absolute Gasteiger partial charge is 0.346 e. The Labute approximate surface area is 178 Å². The summed E-state index contributed by atoms with van der Waals surface area (Å²) in [4.78, 5) is 29.7. The Bertz CT molecular complexity index is 1120. The lowest BCUT2D eigenvalue weighted by Gasteiger charge is -2.16. The average Bonchev–Trinajstić information content (AvgIpc) is 2.93. The van der Waals surface area contributed by atoms with Gasteiger partial charge in [0.25, 0.3) is 5.91 Å². The number of fused-ring (bicyclic) bond motifs is 1. The molecule has 1 aromatic carbocycles. The van der Waals surface area contributed by atoms with E-state index in [-0.39, 0.29) is 23.5 Å². The van der Waals surface area contributed by atoms with Gasteiger partial charge in [-0.2, -0.15) is 5.10 Å². The minimum absolute atomic E-state index is 0.0768. The monoisotopic (exact) mass is 425 g/mol. The van der Waals surface area contributed by atoms with Gasteiger partial charge in [0.05, 0.1) is 18.8 Å². The van der Waals surface area contributed by atoms with Gasteiger partial charge in [0, 0.05) is 26.1 Å². The highest BCUT2D eigenvalue weighted by Crippen LogP contribution is 2.13. The summed E-state index contributed by atoms with van der Waals surface area (Å²) in [5.74, 6) is 0.144. The van der Waals surface area contributed by atoms with E-state index in [0.717, 1.165) is 5.56 Å². The molecule has 1 aliphatic rings. The van der Waals surface area contributed by atoms with Gasteiger partial charge in [-0.05, 0) is 42.7 Å². The maximum Gasteiger partial charge on any atom is 0.346 e. The zero-order valence-corrected chi connectivity index (χ0v) is 17.3. The summed E-state index contributed by atoms with van der Waals surface area (Å²) in [5.41, 5.74) is 1.65. The standard InChI is InChI=1S/C22H24FN5O3/c1-31-14-18-3-2-4-19(24-18)21(29)25-17-9-10-20-26-28(22(30)27(20)12-11-17)13-15-5-7-16(23)8-6-15/h2-8,17H,9-14H2,1H3,(H,25,29). The molecule has 0 saturated heterocycles. The average molecular weight is 425 g/mol. The van der Waals surface area contributed by atoms with Crippen molar-refractivity contribution < 1.29 is 13.9 Å². The number of amides is 1. The van der Waals surface area contributed by atoms with Crippen LogP contribution in [0, 0.1) is 5.82 Å². The van der Waals surface area contributed by atoms with Gasteiger partial charge in [-0.1, -0.05) is 18.2 Å². The van der Waals surface area contributed by atoms with Crippen LogP contribution in [0.2, 0.25) is 0 Å². The first-order chi connectivity index (χ1) is 15.0. The van der Waals surface area contributed by atoms with E-state index in [0.29, 0.717) is 56.2 Å². The molecule has 1 atom stereocenters. The molecule has 3 heterocycles. The van der Waals surface area contributed by atoms with E-state index >= 15 is 0 Å². The van der Waals surface area contributed by atoms with Gasteiger partial charge in [0.1, 0.15) is 17.3 Å². The largest absolute Gasteiger partial charge is 0.378 e. The van der Waals surface area contributed by atoms with Crippen molar-refractivity contribution in [2.24, 2.45) is 0 Å². The molecule has 0 bridgehead atoms. The van der Waals surface area contributed by atoms with Crippen LogP contribution in [0.25, 0.3) is 0 Å². The summed E-state index contributed by atoms with van der Waals surface area (Å²) in [7, 11) is 1.58. The Hall–Kier alpha value is -3.33. The number of methoxy groups -OCH3 is 1. The molecule has 1 unspecified atom stereocenters. The maximum absolute atomic E-state index is 13.1. The molecule has 0 aliphatic carbocycles. The number of aromatic nitrogens is 4. The summed E-state index contributed by atoms with van der Waals surface area (Å²) >= 11 is 0. The Kier molecular flexibility index (Phi) is 6.22. The Morgan fingerprint density at radius 3 is 2.81 bits per heavy atom. The van der Waals surface area contributed by atoms with Crippen LogP contribution in [0.15, 0.2) is 47.3 Å².